The molecule has 0 bridgehead atoms. The summed E-state index contributed by atoms with van der Waals surface area (Å²) < 4.78 is 2.44. The summed E-state index contributed by atoms with van der Waals surface area (Å²) in [4.78, 5) is 47.7. The molecule has 0 atom stereocenters. The van der Waals surface area contributed by atoms with E-state index in [0.717, 1.165) is 46.7 Å². The summed E-state index contributed by atoms with van der Waals surface area (Å²) in [6.07, 6.45) is 4.18. The van der Waals surface area contributed by atoms with Crippen molar-refractivity contribution >= 4 is 45.2 Å². The average molecular weight is 476 g/mol. The Kier molecular flexibility index (Phi) is 5.95. The molecule has 1 amide bonds. The van der Waals surface area contributed by atoms with Crippen molar-refractivity contribution < 1.29 is 4.79 Å². The standard InChI is InChI=1S/C25H25N5O3S/c1-29-22-20(24(32)30(2)25(29)33)23(28-21(27-22)16-9-3-4-10-16)34-14-19(31)26-18-13-7-11-15-8-5-6-12-17(15)18/h5-8,11-13,16H,3-4,9-10,14H2,1-2H3,(H,26,31). The van der Waals surface area contributed by atoms with E-state index >= 15 is 0 Å². The van der Waals surface area contributed by atoms with Crippen LogP contribution in [0.15, 0.2) is 57.1 Å². The molecule has 2 aromatic carbocycles. The molecule has 1 N–H and O–H groups in total. The Balaban J connectivity index is 1.49. The molecule has 0 saturated heterocycles. The van der Waals surface area contributed by atoms with Crippen molar-refractivity contribution in [1.82, 2.24) is 19.1 Å². The van der Waals surface area contributed by atoms with Crippen LogP contribution < -0.4 is 16.6 Å². The molecule has 8 nitrogen and oxygen atoms in total. The number of hydrogen-bond acceptors (Lipinski definition) is 6. The fourth-order valence-electron chi connectivity index (χ4n) is 4.57. The van der Waals surface area contributed by atoms with Crippen molar-refractivity contribution in [1.29, 1.82) is 0 Å². The SMILES string of the molecule is Cn1c(=O)c2c(SCC(=O)Nc3cccc4ccccc34)nc(C3CCCC3)nc2n(C)c1=O. The van der Waals surface area contributed by atoms with E-state index in [1.54, 1.807) is 7.05 Å². The Morgan fingerprint density at radius 1 is 1.03 bits per heavy atom. The Morgan fingerprint density at radius 2 is 1.76 bits per heavy atom. The minimum absolute atomic E-state index is 0.0748. The van der Waals surface area contributed by atoms with E-state index in [4.69, 9.17) is 4.98 Å². The predicted molar refractivity (Wildman–Crippen MR) is 135 cm³/mol. The number of aromatic nitrogens is 4. The molecule has 0 unspecified atom stereocenters. The van der Waals surface area contributed by atoms with Gasteiger partial charge in [-0.1, -0.05) is 61.0 Å². The largest absolute Gasteiger partial charge is 0.332 e. The maximum atomic E-state index is 13.0. The summed E-state index contributed by atoms with van der Waals surface area (Å²) >= 11 is 1.20. The lowest BCUT2D eigenvalue weighted by molar-refractivity contribution is -0.113. The van der Waals surface area contributed by atoms with Gasteiger partial charge in [0.05, 0.1) is 5.75 Å². The molecular formula is C25H25N5O3S. The number of anilines is 1. The molecule has 2 aromatic heterocycles. The fourth-order valence-corrected chi connectivity index (χ4v) is 5.39. The first kappa shape index (κ1) is 22.3. The Labute approximate surface area is 200 Å². The van der Waals surface area contributed by atoms with E-state index in [2.05, 4.69) is 10.3 Å². The number of nitrogens with one attached hydrogen (secondary N) is 1. The fraction of sp³-hybridized carbons (Fsp3) is 0.320. The zero-order valence-electron chi connectivity index (χ0n) is 19.1. The molecule has 1 aliphatic rings. The number of benzene rings is 2. The minimum Gasteiger partial charge on any atom is -0.325 e. The third-order valence-corrected chi connectivity index (χ3v) is 7.38. The van der Waals surface area contributed by atoms with Crippen LogP contribution >= 0.6 is 11.8 Å². The van der Waals surface area contributed by atoms with Crippen LogP contribution in [-0.4, -0.2) is 30.8 Å². The average Bonchev–Trinajstić information content (AvgIpc) is 3.40. The van der Waals surface area contributed by atoms with Crippen molar-refractivity contribution in [3.05, 3.63) is 69.1 Å². The number of rotatable bonds is 5. The molecule has 4 aromatic rings. The van der Waals surface area contributed by atoms with Crippen LogP contribution in [0.25, 0.3) is 21.8 Å². The molecule has 1 saturated carbocycles. The smallest absolute Gasteiger partial charge is 0.325 e. The number of hydrogen-bond donors (Lipinski definition) is 1. The maximum Gasteiger partial charge on any atom is 0.332 e. The highest BCUT2D eigenvalue weighted by Gasteiger charge is 2.24. The number of nitrogens with zero attached hydrogens (tertiary/aromatic N) is 4. The van der Waals surface area contributed by atoms with Crippen molar-refractivity contribution in [2.75, 3.05) is 11.1 Å². The number of carbonyl (C=O) groups is 1. The molecule has 34 heavy (non-hydrogen) atoms. The lowest BCUT2D eigenvalue weighted by Gasteiger charge is -2.14. The molecule has 1 fully saturated rings. The van der Waals surface area contributed by atoms with Crippen LogP contribution in [0.5, 0.6) is 0 Å². The van der Waals surface area contributed by atoms with Crippen LogP contribution in [0.3, 0.4) is 0 Å². The second-order valence-electron chi connectivity index (χ2n) is 8.64. The minimum atomic E-state index is -0.451. The second kappa shape index (κ2) is 9.06. The molecule has 0 aliphatic heterocycles. The molecule has 5 rings (SSSR count). The number of fused-ring (bicyclic) bond motifs is 2. The Morgan fingerprint density at radius 3 is 2.56 bits per heavy atom. The highest BCUT2D eigenvalue weighted by atomic mass is 32.2. The van der Waals surface area contributed by atoms with Gasteiger partial charge in [-0.25, -0.2) is 14.8 Å². The molecule has 2 heterocycles. The number of amides is 1. The van der Waals surface area contributed by atoms with Gasteiger partial charge in [-0.3, -0.25) is 18.7 Å². The molecule has 0 radical (unpaired) electrons. The first-order chi connectivity index (χ1) is 16.4. The maximum absolute atomic E-state index is 13.0. The van der Waals surface area contributed by atoms with Gasteiger partial charge in [0, 0.05) is 31.1 Å². The molecule has 0 spiro atoms. The van der Waals surface area contributed by atoms with E-state index in [0.29, 0.717) is 16.5 Å². The van der Waals surface area contributed by atoms with Crippen LogP contribution in [-0.2, 0) is 18.9 Å². The van der Waals surface area contributed by atoms with Gasteiger partial charge in [-0.2, -0.15) is 0 Å². The monoisotopic (exact) mass is 475 g/mol. The summed E-state index contributed by atoms with van der Waals surface area (Å²) in [6, 6.07) is 13.6. The lowest BCUT2D eigenvalue weighted by Crippen LogP contribution is -2.38. The van der Waals surface area contributed by atoms with Crippen molar-refractivity contribution in [2.24, 2.45) is 14.1 Å². The lowest BCUT2D eigenvalue weighted by atomic mass is 10.1. The summed E-state index contributed by atoms with van der Waals surface area (Å²) in [5, 5.41) is 5.69. The van der Waals surface area contributed by atoms with Crippen LogP contribution in [0.2, 0.25) is 0 Å². The second-order valence-corrected chi connectivity index (χ2v) is 9.60. The topological polar surface area (TPSA) is 98.9 Å². The number of thioether (sulfide) groups is 1. The first-order valence-electron chi connectivity index (χ1n) is 11.3. The third kappa shape index (κ3) is 4.00. The molecular weight excluding hydrogens is 450 g/mol. The zero-order valence-corrected chi connectivity index (χ0v) is 19.9. The van der Waals surface area contributed by atoms with E-state index in [1.807, 2.05) is 42.5 Å². The number of aryl methyl sites for hydroxylation is 1. The first-order valence-corrected chi connectivity index (χ1v) is 12.3. The van der Waals surface area contributed by atoms with Gasteiger partial charge in [-0.15, -0.1) is 0 Å². The van der Waals surface area contributed by atoms with Crippen LogP contribution in [0.1, 0.15) is 37.4 Å². The van der Waals surface area contributed by atoms with E-state index in [1.165, 1.54) is 23.4 Å². The van der Waals surface area contributed by atoms with Crippen molar-refractivity contribution in [3.63, 3.8) is 0 Å². The summed E-state index contributed by atoms with van der Waals surface area (Å²) in [7, 11) is 3.05. The molecule has 174 valence electrons. The van der Waals surface area contributed by atoms with Crippen LogP contribution in [0.4, 0.5) is 5.69 Å². The zero-order chi connectivity index (χ0) is 23.8. The summed E-state index contributed by atoms with van der Waals surface area (Å²) in [5.74, 6) is 0.723. The predicted octanol–water partition coefficient (Wildman–Crippen LogP) is 3.57. The van der Waals surface area contributed by atoms with Gasteiger partial charge in [0.25, 0.3) is 5.56 Å². The van der Waals surface area contributed by atoms with E-state index < -0.39 is 11.2 Å². The summed E-state index contributed by atoms with van der Waals surface area (Å²) in [6.45, 7) is 0. The van der Waals surface area contributed by atoms with Gasteiger partial charge < -0.3 is 5.32 Å². The van der Waals surface area contributed by atoms with Gasteiger partial charge in [0.15, 0.2) is 5.65 Å². The summed E-state index contributed by atoms with van der Waals surface area (Å²) in [5.41, 5.74) is 0.175. The number of carbonyl (C=O) groups excluding carboxylic acids is 1. The van der Waals surface area contributed by atoms with Crippen LogP contribution in [0, 0.1) is 0 Å². The molecule has 9 heteroatoms. The highest BCUT2D eigenvalue weighted by molar-refractivity contribution is 8.00. The quantitative estimate of drug-likeness (QED) is 0.350. The third-order valence-electron chi connectivity index (χ3n) is 6.41. The van der Waals surface area contributed by atoms with Crippen molar-refractivity contribution in [3.8, 4) is 0 Å². The Bertz CT molecular complexity index is 1530. The van der Waals surface area contributed by atoms with Crippen molar-refractivity contribution in [2.45, 2.75) is 36.6 Å². The highest BCUT2D eigenvalue weighted by Crippen LogP contribution is 2.34. The van der Waals surface area contributed by atoms with E-state index in [-0.39, 0.29) is 23.0 Å². The van der Waals surface area contributed by atoms with Gasteiger partial charge in [0.1, 0.15) is 16.2 Å². The van der Waals surface area contributed by atoms with Gasteiger partial charge in [0.2, 0.25) is 5.91 Å². The normalized spacial score (nSPS) is 14.2. The Hall–Kier alpha value is -3.46. The van der Waals surface area contributed by atoms with Gasteiger partial charge in [-0.05, 0) is 24.3 Å². The van der Waals surface area contributed by atoms with Gasteiger partial charge >= 0.3 is 5.69 Å². The van der Waals surface area contributed by atoms with E-state index in [9.17, 15) is 14.4 Å². The molecule has 1 aliphatic carbocycles.